The normalized spacial score (nSPS) is 10.8. The van der Waals surface area contributed by atoms with E-state index in [1.54, 1.807) is 18.2 Å². The lowest BCUT2D eigenvalue weighted by atomic mass is 10.1. The Labute approximate surface area is 164 Å². The maximum Gasteiger partial charge on any atom is 0.270 e. The van der Waals surface area contributed by atoms with Gasteiger partial charge in [-0.25, -0.2) is 4.39 Å². The van der Waals surface area contributed by atoms with Crippen molar-refractivity contribution in [1.82, 2.24) is 10.1 Å². The summed E-state index contributed by atoms with van der Waals surface area (Å²) in [5, 5.41) is 8.66. The van der Waals surface area contributed by atoms with Crippen molar-refractivity contribution in [2.45, 2.75) is 13.8 Å². The van der Waals surface area contributed by atoms with Crippen LogP contribution in [-0.2, 0) is 0 Å². The first-order valence-electron chi connectivity index (χ1n) is 8.57. The second-order valence-electron chi connectivity index (χ2n) is 6.43. The fourth-order valence-electron chi connectivity index (χ4n) is 2.93. The molecule has 4 aromatic rings. The van der Waals surface area contributed by atoms with Gasteiger partial charge >= 0.3 is 0 Å². The van der Waals surface area contributed by atoms with E-state index in [0.717, 1.165) is 11.1 Å². The van der Waals surface area contributed by atoms with Crippen LogP contribution in [-0.4, -0.2) is 16.0 Å². The van der Waals surface area contributed by atoms with Crippen LogP contribution >= 0.6 is 11.3 Å². The molecule has 0 saturated heterocycles. The van der Waals surface area contributed by atoms with E-state index in [4.69, 9.17) is 4.52 Å². The number of hydrogen-bond donors (Lipinski definition) is 1. The number of thiophene rings is 1. The Morgan fingerprint density at radius 3 is 2.64 bits per heavy atom. The van der Waals surface area contributed by atoms with Gasteiger partial charge < -0.3 is 9.84 Å². The Kier molecular flexibility index (Phi) is 4.75. The van der Waals surface area contributed by atoms with Gasteiger partial charge in [-0.3, -0.25) is 4.79 Å². The SMILES string of the molecule is Cc1cc(C)cc(C(=O)Nc2ccsc2-c2nc(-c3cccc(F)c3)no2)c1. The number of carbonyl (C=O) groups is 1. The lowest BCUT2D eigenvalue weighted by molar-refractivity contribution is 0.102. The van der Waals surface area contributed by atoms with E-state index in [9.17, 15) is 9.18 Å². The fraction of sp³-hybridized carbons (Fsp3) is 0.0952. The highest BCUT2D eigenvalue weighted by molar-refractivity contribution is 7.14. The van der Waals surface area contributed by atoms with Crippen LogP contribution in [0.4, 0.5) is 10.1 Å². The molecule has 0 atom stereocenters. The molecule has 5 nitrogen and oxygen atoms in total. The van der Waals surface area contributed by atoms with Crippen LogP contribution in [0.15, 0.2) is 58.4 Å². The van der Waals surface area contributed by atoms with Crippen molar-refractivity contribution in [3.8, 4) is 22.2 Å². The molecule has 4 rings (SSSR count). The fourth-order valence-corrected chi connectivity index (χ4v) is 3.70. The van der Waals surface area contributed by atoms with Crippen LogP contribution in [0.2, 0.25) is 0 Å². The molecule has 28 heavy (non-hydrogen) atoms. The summed E-state index contributed by atoms with van der Waals surface area (Å²) in [5.74, 6) is -0.0304. The molecule has 0 bridgehead atoms. The highest BCUT2D eigenvalue weighted by Crippen LogP contribution is 2.34. The minimum Gasteiger partial charge on any atom is -0.333 e. The van der Waals surface area contributed by atoms with Gasteiger partial charge in [-0.05, 0) is 49.6 Å². The number of rotatable bonds is 4. The second kappa shape index (κ2) is 7.36. The van der Waals surface area contributed by atoms with Gasteiger partial charge in [-0.1, -0.05) is 34.5 Å². The van der Waals surface area contributed by atoms with E-state index in [-0.39, 0.29) is 23.4 Å². The summed E-state index contributed by atoms with van der Waals surface area (Å²) < 4.78 is 18.8. The molecular formula is C21H16FN3O2S. The Hall–Kier alpha value is -3.32. The molecule has 7 heteroatoms. The Morgan fingerprint density at radius 2 is 1.89 bits per heavy atom. The smallest absolute Gasteiger partial charge is 0.270 e. The zero-order valence-corrected chi connectivity index (χ0v) is 16.0. The van der Waals surface area contributed by atoms with Crippen LogP contribution in [0.25, 0.3) is 22.2 Å². The molecule has 0 unspecified atom stereocenters. The average Bonchev–Trinajstić information content (AvgIpc) is 3.30. The lowest BCUT2D eigenvalue weighted by Gasteiger charge is -2.07. The molecule has 2 aromatic heterocycles. The molecule has 0 spiro atoms. The monoisotopic (exact) mass is 393 g/mol. The van der Waals surface area contributed by atoms with Crippen LogP contribution < -0.4 is 5.32 Å². The van der Waals surface area contributed by atoms with E-state index in [2.05, 4.69) is 15.5 Å². The Morgan fingerprint density at radius 1 is 1.11 bits per heavy atom. The van der Waals surface area contributed by atoms with Crippen LogP contribution in [0, 0.1) is 19.7 Å². The molecule has 0 aliphatic heterocycles. The summed E-state index contributed by atoms with van der Waals surface area (Å²) in [5.41, 5.74) is 3.73. The van der Waals surface area contributed by atoms with Crippen molar-refractivity contribution in [3.05, 3.63) is 76.4 Å². The topological polar surface area (TPSA) is 68.0 Å². The molecular weight excluding hydrogens is 377 g/mol. The number of benzene rings is 2. The van der Waals surface area contributed by atoms with E-state index in [0.29, 0.717) is 21.7 Å². The van der Waals surface area contributed by atoms with Crippen LogP contribution in [0.3, 0.4) is 0 Å². The summed E-state index contributed by atoms with van der Waals surface area (Å²) in [6, 6.07) is 13.4. The Balaban J connectivity index is 1.60. The minimum atomic E-state index is -0.374. The predicted molar refractivity (Wildman–Crippen MR) is 107 cm³/mol. The maximum absolute atomic E-state index is 13.4. The first-order valence-corrected chi connectivity index (χ1v) is 9.45. The third-order valence-electron chi connectivity index (χ3n) is 4.10. The minimum absolute atomic E-state index is 0.212. The standard InChI is InChI=1S/C21H16FN3O2S/c1-12-8-13(2)10-15(9-12)20(26)23-17-6-7-28-18(17)21-24-19(25-27-21)14-4-3-5-16(22)11-14/h3-11H,1-2H3,(H,23,26). The molecule has 0 aliphatic carbocycles. The lowest BCUT2D eigenvalue weighted by Crippen LogP contribution is -2.12. The largest absolute Gasteiger partial charge is 0.333 e. The molecule has 0 aliphatic rings. The number of nitrogens with zero attached hydrogens (tertiary/aromatic N) is 2. The van der Waals surface area contributed by atoms with Crippen molar-refractivity contribution in [2.75, 3.05) is 5.32 Å². The molecule has 0 fully saturated rings. The van der Waals surface area contributed by atoms with E-state index in [1.165, 1.54) is 23.5 Å². The van der Waals surface area contributed by atoms with Crippen molar-refractivity contribution in [2.24, 2.45) is 0 Å². The number of anilines is 1. The van der Waals surface area contributed by atoms with Crippen molar-refractivity contribution >= 4 is 22.9 Å². The molecule has 0 saturated carbocycles. The summed E-state index contributed by atoms with van der Waals surface area (Å²) in [4.78, 5) is 17.6. The van der Waals surface area contributed by atoms with Crippen LogP contribution in [0.1, 0.15) is 21.5 Å². The molecule has 2 heterocycles. The van der Waals surface area contributed by atoms with Gasteiger partial charge in [0.15, 0.2) is 0 Å². The van der Waals surface area contributed by atoms with Gasteiger partial charge in [0.25, 0.3) is 11.8 Å². The zero-order chi connectivity index (χ0) is 19.7. The molecule has 0 radical (unpaired) electrons. The summed E-state index contributed by atoms with van der Waals surface area (Å²) in [6.45, 7) is 3.90. The van der Waals surface area contributed by atoms with E-state index in [1.807, 2.05) is 37.4 Å². The summed E-state index contributed by atoms with van der Waals surface area (Å²) >= 11 is 1.37. The van der Waals surface area contributed by atoms with Crippen molar-refractivity contribution in [1.29, 1.82) is 0 Å². The number of carbonyl (C=O) groups excluding carboxylic acids is 1. The number of amides is 1. The Bertz CT molecular complexity index is 1150. The molecule has 1 N–H and O–H groups in total. The van der Waals surface area contributed by atoms with Crippen LogP contribution in [0.5, 0.6) is 0 Å². The van der Waals surface area contributed by atoms with E-state index < -0.39 is 0 Å². The highest BCUT2D eigenvalue weighted by Gasteiger charge is 2.18. The zero-order valence-electron chi connectivity index (χ0n) is 15.2. The highest BCUT2D eigenvalue weighted by atomic mass is 32.1. The molecule has 1 amide bonds. The predicted octanol–water partition coefficient (Wildman–Crippen LogP) is 5.47. The number of halogens is 1. The average molecular weight is 393 g/mol. The first kappa shape index (κ1) is 18.1. The van der Waals surface area contributed by atoms with Gasteiger partial charge in [0.05, 0.1) is 5.69 Å². The quantitative estimate of drug-likeness (QED) is 0.499. The maximum atomic E-state index is 13.4. The van der Waals surface area contributed by atoms with Gasteiger partial charge in [0, 0.05) is 11.1 Å². The van der Waals surface area contributed by atoms with Crippen molar-refractivity contribution < 1.29 is 13.7 Å². The van der Waals surface area contributed by atoms with E-state index >= 15 is 0 Å². The molecule has 140 valence electrons. The van der Waals surface area contributed by atoms with Gasteiger partial charge in [-0.15, -0.1) is 11.3 Å². The first-order chi connectivity index (χ1) is 13.5. The summed E-state index contributed by atoms with van der Waals surface area (Å²) in [7, 11) is 0. The van der Waals surface area contributed by atoms with Gasteiger partial charge in [0.2, 0.25) is 5.82 Å². The molecule has 2 aromatic carbocycles. The third kappa shape index (κ3) is 3.70. The third-order valence-corrected chi connectivity index (χ3v) is 5.00. The number of hydrogen-bond acceptors (Lipinski definition) is 5. The number of nitrogens with one attached hydrogen (secondary N) is 1. The van der Waals surface area contributed by atoms with Crippen molar-refractivity contribution in [3.63, 3.8) is 0 Å². The van der Waals surface area contributed by atoms with Gasteiger partial charge in [0.1, 0.15) is 10.7 Å². The summed E-state index contributed by atoms with van der Waals surface area (Å²) in [6.07, 6.45) is 0. The number of aromatic nitrogens is 2. The van der Waals surface area contributed by atoms with Gasteiger partial charge in [-0.2, -0.15) is 4.98 Å². The number of aryl methyl sites for hydroxylation is 2. The second-order valence-corrected chi connectivity index (χ2v) is 7.34.